The number of pyridine rings is 1. The Morgan fingerprint density at radius 3 is 2.33 bits per heavy atom. The van der Waals surface area contributed by atoms with Crippen LogP contribution in [0.2, 0.25) is 10.0 Å². The summed E-state index contributed by atoms with van der Waals surface area (Å²) in [5, 5.41) is 9.43. The summed E-state index contributed by atoms with van der Waals surface area (Å²) in [7, 11) is 0. The van der Waals surface area contributed by atoms with Gasteiger partial charge in [-0.25, -0.2) is 14.4 Å². The van der Waals surface area contributed by atoms with Gasteiger partial charge in [0.15, 0.2) is 5.65 Å². The highest BCUT2D eigenvalue weighted by atomic mass is 35.5. The van der Waals surface area contributed by atoms with E-state index in [1.54, 1.807) is 39.0 Å². The number of imidazole rings is 1. The van der Waals surface area contributed by atoms with Gasteiger partial charge in [-0.2, -0.15) is 13.2 Å². The van der Waals surface area contributed by atoms with E-state index < -0.39 is 35.6 Å². The number of alkyl halides is 4. The molecular formula is C31H37Cl2F4N7O2. The summed E-state index contributed by atoms with van der Waals surface area (Å²) in [4.78, 5) is 40.1. The molecule has 1 aliphatic carbocycles. The van der Waals surface area contributed by atoms with Gasteiger partial charge in [-0.3, -0.25) is 9.59 Å². The number of anilines is 3. The molecule has 250 valence electrons. The van der Waals surface area contributed by atoms with Crippen LogP contribution >= 0.6 is 23.2 Å². The molecule has 46 heavy (non-hydrogen) atoms. The smallest absolute Gasteiger partial charge is 0.356 e. The highest BCUT2D eigenvalue weighted by Crippen LogP contribution is 2.38. The van der Waals surface area contributed by atoms with Crippen molar-refractivity contribution in [2.24, 2.45) is 11.3 Å². The molecule has 2 aromatic heterocycles. The summed E-state index contributed by atoms with van der Waals surface area (Å²) in [6.45, 7) is 6.29. The topological polar surface area (TPSA) is 115 Å². The Morgan fingerprint density at radius 1 is 1.02 bits per heavy atom. The van der Waals surface area contributed by atoms with Crippen molar-refractivity contribution >= 4 is 63.6 Å². The van der Waals surface area contributed by atoms with Crippen molar-refractivity contribution < 1.29 is 27.2 Å². The maximum absolute atomic E-state index is 14.0. The Hall–Kier alpha value is -3.32. The Morgan fingerprint density at radius 2 is 1.70 bits per heavy atom. The van der Waals surface area contributed by atoms with E-state index in [0.717, 1.165) is 0 Å². The highest BCUT2D eigenvalue weighted by Gasteiger charge is 2.41. The third-order valence-electron chi connectivity index (χ3n) is 8.48. The van der Waals surface area contributed by atoms with Gasteiger partial charge in [0.05, 0.1) is 27.2 Å². The molecule has 1 aliphatic heterocycles. The van der Waals surface area contributed by atoms with Crippen molar-refractivity contribution in [1.82, 2.24) is 25.6 Å². The van der Waals surface area contributed by atoms with Crippen molar-refractivity contribution in [1.29, 1.82) is 0 Å². The van der Waals surface area contributed by atoms with E-state index in [-0.39, 0.29) is 67.5 Å². The maximum atomic E-state index is 14.0. The van der Waals surface area contributed by atoms with Crippen molar-refractivity contribution in [2.75, 3.05) is 23.3 Å². The standard InChI is InChI=1S/C31H37Cl2F4N7O2/c1-30(2,3)28(46)38-15-16-4-9-21(32)24(23(16)33)41-29-40-22-14-20(26(42-25(22)43-29)44-12-10-18(34)11-13-44)27(45)39-19-7-5-17(6-8-19)31(35,36)37/h4,9,14,17-19H,5-8,10-13,15H2,1-3H3,(H,38,46)(H,39,45)(H2,40,41,42,43)/t17-,19-. The second-order valence-corrected chi connectivity index (χ2v) is 13.8. The van der Waals surface area contributed by atoms with Gasteiger partial charge < -0.3 is 25.8 Å². The van der Waals surface area contributed by atoms with Crippen LogP contribution < -0.4 is 20.9 Å². The Balaban J connectivity index is 1.40. The van der Waals surface area contributed by atoms with Gasteiger partial charge in [0, 0.05) is 31.1 Å². The third-order valence-corrected chi connectivity index (χ3v) is 9.23. The average molecular weight is 687 g/mol. The molecule has 3 aromatic rings. The normalized spacial score (nSPS) is 19.7. The lowest BCUT2D eigenvalue weighted by atomic mass is 9.85. The lowest BCUT2D eigenvalue weighted by molar-refractivity contribution is -0.182. The summed E-state index contributed by atoms with van der Waals surface area (Å²) in [5.74, 6) is -1.41. The summed E-state index contributed by atoms with van der Waals surface area (Å²) in [6, 6.07) is 4.52. The number of amides is 2. The average Bonchev–Trinajstić information content (AvgIpc) is 3.39. The third kappa shape index (κ3) is 7.79. The lowest BCUT2D eigenvalue weighted by Crippen LogP contribution is -2.41. The Bertz CT molecular complexity index is 1590. The quantitative estimate of drug-likeness (QED) is 0.192. The summed E-state index contributed by atoms with van der Waals surface area (Å²) in [5.41, 5.74) is 1.30. The van der Waals surface area contributed by atoms with Gasteiger partial charge in [0.2, 0.25) is 11.9 Å². The van der Waals surface area contributed by atoms with Crippen LogP contribution in [0.25, 0.3) is 11.2 Å². The molecule has 1 saturated heterocycles. The molecule has 5 rings (SSSR count). The SMILES string of the molecule is CC(C)(C)C(=O)NCc1ccc(Cl)c(Nc2nc3cc(C(=O)N[C@H]4CC[C@H](C(F)(F)F)CC4)c(N4CCC(F)CC4)nc3[nH]2)c1Cl. The number of carbonyl (C=O) groups excluding carboxylic acids is 2. The van der Waals surface area contributed by atoms with Gasteiger partial charge in [0.1, 0.15) is 17.5 Å². The fourth-order valence-corrected chi connectivity index (χ4v) is 6.22. The number of halogens is 6. The molecule has 1 saturated carbocycles. The van der Waals surface area contributed by atoms with Crippen molar-refractivity contribution in [3.05, 3.63) is 39.4 Å². The first-order valence-electron chi connectivity index (χ1n) is 15.3. The minimum Gasteiger partial charge on any atom is -0.356 e. The van der Waals surface area contributed by atoms with Crippen molar-refractivity contribution in [2.45, 2.75) is 84.2 Å². The Labute approximate surface area is 274 Å². The first kappa shape index (κ1) is 34.0. The second kappa shape index (κ2) is 13.4. The molecule has 2 fully saturated rings. The van der Waals surface area contributed by atoms with E-state index in [1.807, 2.05) is 4.90 Å². The van der Waals surface area contributed by atoms with Crippen LogP contribution in [0.5, 0.6) is 0 Å². The first-order valence-corrected chi connectivity index (χ1v) is 16.0. The van der Waals surface area contributed by atoms with E-state index in [4.69, 9.17) is 28.2 Å². The van der Waals surface area contributed by atoms with E-state index in [2.05, 4.69) is 25.9 Å². The summed E-state index contributed by atoms with van der Waals surface area (Å²) in [6.07, 6.45) is -4.31. The van der Waals surface area contributed by atoms with Gasteiger partial charge in [-0.15, -0.1) is 0 Å². The number of carbonyl (C=O) groups is 2. The minimum absolute atomic E-state index is 0.0493. The molecule has 0 radical (unpaired) electrons. The predicted octanol–water partition coefficient (Wildman–Crippen LogP) is 7.46. The molecule has 0 atom stereocenters. The van der Waals surface area contributed by atoms with E-state index in [0.29, 0.717) is 46.3 Å². The van der Waals surface area contributed by atoms with Crippen LogP contribution in [0, 0.1) is 11.3 Å². The number of nitrogens with one attached hydrogen (secondary N) is 4. The van der Waals surface area contributed by atoms with Crippen LogP contribution in [0.3, 0.4) is 0 Å². The zero-order valence-electron chi connectivity index (χ0n) is 25.8. The number of aromatic nitrogens is 3. The number of hydrogen-bond donors (Lipinski definition) is 4. The molecule has 4 N–H and O–H groups in total. The lowest BCUT2D eigenvalue weighted by Gasteiger charge is -2.32. The number of aromatic amines is 1. The summed E-state index contributed by atoms with van der Waals surface area (Å²) < 4.78 is 53.5. The molecule has 9 nitrogen and oxygen atoms in total. The van der Waals surface area contributed by atoms with Crippen LogP contribution in [-0.2, 0) is 11.3 Å². The molecule has 1 aromatic carbocycles. The largest absolute Gasteiger partial charge is 0.391 e. The molecule has 0 bridgehead atoms. The zero-order valence-corrected chi connectivity index (χ0v) is 27.3. The number of fused-ring (bicyclic) bond motifs is 1. The second-order valence-electron chi connectivity index (χ2n) is 13.0. The monoisotopic (exact) mass is 685 g/mol. The van der Waals surface area contributed by atoms with Crippen molar-refractivity contribution in [3.8, 4) is 0 Å². The molecule has 3 heterocycles. The number of benzene rings is 1. The van der Waals surface area contributed by atoms with Gasteiger partial charge in [0.25, 0.3) is 5.91 Å². The molecule has 0 spiro atoms. The fraction of sp³-hybridized carbons (Fsp3) is 0.548. The van der Waals surface area contributed by atoms with Crippen LogP contribution in [-0.4, -0.2) is 58.2 Å². The zero-order chi connectivity index (χ0) is 33.4. The predicted molar refractivity (Wildman–Crippen MR) is 171 cm³/mol. The number of rotatable bonds is 7. The van der Waals surface area contributed by atoms with E-state index in [1.165, 1.54) is 0 Å². The summed E-state index contributed by atoms with van der Waals surface area (Å²) >= 11 is 13.2. The maximum Gasteiger partial charge on any atom is 0.391 e. The number of hydrogen-bond acceptors (Lipinski definition) is 6. The van der Waals surface area contributed by atoms with Gasteiger partial charge in [-0.1, -0.05) is 50.0 Å². The highest BCUT2D eigenvalue weighted by molar-refractivity contribution is 6.39. The molecule has 2 amide bonds. The van der Waals surface area contributed by atoms with Crippen molar-refractivity contribution in [3.63, 3.8) is 0 Å². The van der Waals surface area contributed by atoms with Crippen LogP contribution in [0.4, 0.5) is 35.0 Å². The van der Waals surface area contributed by atoms with E-state index >= 15 is 0 Å². The number of nitrogens with zero attached hydrogens (tertiary/aromatic N) is 3. The fourth-order valence-electron chi connectivity index (χ4n) is 5.69. The molecule has 0 unspecified atom stereocenters. The number of piperidine rings is 1. The molecule has 15 heteroatoms. The molecule has 2 aliphatic rings. The van der Waals surface area contributed by atoms with Crippen LogP contribution in [0.15, 0.2) is 18.2 Å². The van der Waals surface area contributed by atoms with Gasteiger partial charge >= 0.3 is 6.18 Å². The minimum atomic E-state index is -4.25. The van der Waals surface area contributed by atoms with E-state index in [9.17, 15) is 27.2 Å². The first-order chi connectivity index (χ1) is 21.6. The molecular weight excluding hydrogens is 649 g/mol. The Kier molecular flexibility index (Phi) is 9.93. The van der Waals surface area contributed by atoms with Crippen LogP contribution in [0.1, 0.15) is 75.2 Å². The van der Waals surface area contributed by atoms with Gasteiger partial charge in [-0.05, 0) is 56.2 Å². The number of H-pyrrole nitrogens is 1.